The van der Waals surface area contributed by atoms with Gasteiger partial charge in [-0.15, -0.1) is 0 Å². The number of carboxylic acids is 1. The van der Waals surface area contributed by atoms with E-state index >= 15 is 0 Å². The number of carbonyl (C=O) groups is 1. The molecular weight excluding hydrogens is 346 g/mol. The average molecular weight is 369 g/mol. The van der Waals surface area contributed by atoms with Crippen molar-refractivity contribution in [1.29, 1.82) is 0 Å². The van der Waals surface area contributed by atoms with Gasteiger partial charge >= 0.3 is 5.97 Å². The Kier molecular flexibility index (Phi) is 6.40. The molecule has 0 fully saturated rings. The van der Waals surface area contributed by atoms with Crippen LogP contribution in [0.2, 0.25) is 0 Å². The standard InChI is InChI=1S/C20H23N3O4/c1-21-17(20(24)25)12-14-6-8-15(9-7-14)26-11-10-22-13-19-23-16-4-2-3-5-18(16)27-19/h2-9,17,21-22H,10-13H2,1H3,(H,24,25). The first kappa shape index (κ1) is 18.9. The van der Waals surface area contributed by atoms with Gasteiger partial charge in [-0.3, -0.25) is 4.79 Å². The van der Waals surface area contributed by atoms with Crippen molar-refractivity contribution in [3.05, 3.63) is 60.0 Å². The third-order valence-corrected chi connectivity index (χ3v) is 4.17. The smallest absolute Gasteiger partial charge is 0.321 e. The van der Waals surface area contributed by atoms with Gasteiger partial charge in [-0.25, -0.2) is 4.98 Å². The van der Waals surface area contributed by atoms with E-state index in [1.54, 1.807) is 7.05 Å². The maximum absolute atomic E-state index is 11.1. The molecule has 7 heteroatoms. The maximum atomic E-state index is 11.1. The van der Waals surface area contributed by atoms with E-state index in [0.29, 0.717) is 32.0 Å². The summed E-state index contributed by atoms with van der Waals surface area (Å²) in [6, 6.07) is 14.6. The third kappa shape index (κ3) is 5.29. The number of benzene rings is 2. The number of oxazole rings is 1. The number of fused-ring (bicyclic) bond motifs is 1. The zero-order chi connectivity index (χ0) is 19.1. The summed E-state index contributed by atoms with van der Waals surface area (Å²) in [6.45, 7) is 1.70. The molecule has 0 amide bonds. The lowest BCUT2D eigenvalue weighted by Gasteiger charge is -2.12. The molecule has 1 heterocycles. The molecule has 3 rings (SSSR count). The molecule has 3 aromatic rings. The minimum absolute atomic E-state index is 0.429. The van der Waals surface area contributed by atoms with Gasteiger partial charge in [-0.05, 0) is 43.3 Å². The van der Waals surface area contributed by atoms with Crippen LogP contribution in [0.3, 0.4) is 0 Å². The first-order valence-electron chi connectivity index (χ1n) is 8.82. The minimum Gasteiger partial charge on any atom is -0.492 e. The summed E-state index contributed by atoms with van der Waals surface area (Å²) in [5.41, 5.74) is 2.58. The topological polar surface area (TPSA) is 96.6 Å². The van der Waals surface area contributed by atoms with Gasteiger partial charge in [0.25, 0.3) is 0 Å². The maximum Gasteiger partial charge on any atom is 0.321 e. The van der Waals surface area contributed by atoms with Crippen molar-refractivity contribution in [1.82, 2.24) is 15.6 Å². The van der Waals surface area contributed by atoms with Crippen molar-refractivity contribution in [2.75, 3.05) is 20.2 Å². The van der Waals surface area contributed by atoms with Crippen molar-refractivity contribution in [2.45, 2.75) is 19.0 Å². The van der Waals surface area contributed by atoms with Gasteiger partial charge in [0.15, 0.2) is 5.58 Å². The van der Waals surface area contributed by atoms with E-state index in [-0.39, 0.29) is 0 Å². The molecule has 27 heavy (non-hydrogen) atoms. The molecule has 7 nitrogen and oxygen atoms in total. The van der Waals surface area contributed by atoms with Crippen LogP contribution in [-0.4, -0.2) is 42.3 Å². The van der Waals surface area contributed by atoms with Crippen LogP contribution in [0.1, 0.15) is 11.5 Å². The Labute approximate surface area is 157 Å². The zero-order valence-corrected chi connectivity index (χ0v) is 15.1. The molecule has 0 spiro atoms. The van der Waals surface area contributed by atoms with Crippen molar-refractivity contribution in [3.63, 3.8) is 0 Å². The SMILES string of the molecule is CNC(Cc1ccc(OCCNCc2nc3ccccc3o2)cc1)C(=O)O. The number of para-hydroxylation sites is 2. The Morgan fingerprint density at radius 2 is 2.00 bits per heavy atom. The van der Waals surface area contributed by atoms with Crippen LogP contribution in [0.4, 0.5) is 0 Å². The van der Waals surface area contributed by atoms with Crippen LogP contribution in [0.25, 0.3) is 11.1 Å². The monoisotopic (exact) mass is 369 g/mol. The molecule has 1 unspecified atom stereocenters. The average Bonchev–Trinajstić information content (AvgIpc) is 3.09. The number of ether oxygens (including phenoxy) is 1. The van der Waals surface area contributed by atoms with Crippen LogP contribution in [0.15, 0.2) is 52.9 Å². The van der Waals surface area contributed by atoms with Crippen molar-refractivity contribution in [3.8, 4) is 5.75 Å². The largest absolute Gasteiger partial charge is 0.492 e. The number of nitrogens with one attached hydrogen (secondary N) is 2. The van der Waals surface area contributed by atoms with E-state index < -0.39 is 12.0 Å². The first-order valence-corrected chi connectivity index (χ1v) is 8.82. The second-order valence-corrected chi connectivity index (χ2v) is 6.13. The number of nitrogens with zero attached hydrogens (tertiary/aromatic N) is 1. The van der Waals surface area contributed by atoms with E-state index in [1.807, 2.05) is 48.5 Å². The highest BCUT2D eigenvalue weighted by Gasteiger charge is 2.15. The van der Waals surface area contributed by atoms with E-state index in [1.165, 1.54) is 0 Å². The number of hydrogen-bond donors (Lipinski definition) is 3. The predicted molar refractivity (Wildman–Crippen MR) is 102 cm³/mol. The molecule has 142 valence electrons. The summed E-state index contributed by atoms with van der Waals surface area (Å²) >= 11 is 0. The van der Waals surface area contributed by atoms with Crippen LogP contribution >= 0.6 is 0 Å². The lowest BCUT2D eigenvalue weighted by Crippen LogP contribution is -2.35. The van der Waals surface area contributed by atoms with Gasteiger partial charge in [0.2, 0.25) is 5.89 Å². The van der Waals surface area contributed by atoms with Gasteiger partial charge in [0.1, 0.15) is 23.9 Å². The summed E-state index contributed by atoms with van der Waals surface area (Å²) in [6.07, 6.45) is 0.429. The molecule has 0 saturated heterocycles. The number of aromatic nitrogens is 1. The summed E-state index contributed by atoms with van der Waals surface area (Å²) in [7, 11) is 1.64. The van der Waals surface area contributed by atoms with E-state index in [4.69, 9.17) is 14.3 Å². The number of hydrogen-bond acceptors (Lipinski definition) is 6. The van der Waals surface area contributed by atoms with E-state index in [2.05, 4.69) is 15.6 Å². The third-order valence-electron chi connectivity index (χ3n) is 4.17. The Bertz CT molecular complexity index is 843. The molecule has 3 N–H and O–H groups in total. The summed E-state index contributed by atoms with van der Waals surface area (Å²) < 4.78 is 11.3. The second-order valence-electron chi connectivity index (χ2n) is 6.13. The fraction of sp³-hybridized carbons (Fsp3) is 0.300. The van der Waals surface area contributed by atoms with Crippen molar-refractivity contribution in [2.24, 2.45) is 0 Å². The van der Waals surface area contributed by atoms with Crippen molar-refractivity contribution < 1.29 is 19.1 Å². The number of rotatable bonds is 10. The first-order chi connectivity index (χ1) is 13.2. The highest BCUT2D eigenvalue weighted by Crippen LogP contribution is 2.15. The molecule has 0 saturated carbocycles. The van der Waals surface area contributed by atoms with Gasteiger partial charge in [0, 0.05) is 6.54 Å². The lowest BCUT2D eigenvalue weighted by molar-refractivity contribution is -0.139. The lowest BCUT2D eigenvalue weighted by atomic mass is 10.1. The quantitative estimate of drug-likeness (QED) is 0.472. The van der Waals surface area contributed by atoms with Gasteiger partial charge in [-0.1, -0.05) is 24.3 Å². The van der Waals surface area contributed by atoms with Gasteiger partial charge in [-0.2, -0.15) is 0 Å². The fourth-order valence-electron chi connectivity index (χ4n) is 2.70. The molecule has 0 aliphatic rings. The number of likely N-dealkylation sites (N-methyl/N-ethyl adjacent to an activating group) is 1. The number of aliphatic carboxylic acids is 1. The van der Waals surface area contributed by atoms with Crippen LogP contribution in [-0.2, 0) is 17.8 Å². The molecule has 0 radical (unpaired) electrons. The van der Waals surface area contributed by atoms with Crippen LogP contribution in [0.5, 0.6) is 5.75 Å². The molecule has 2 aromatic carbocycles. The molecule has 0 bridgehead atoms. The molecule has 1 atom stereocenters. The molecule has 1 aromatic heterocycles. The van der Waals surface area contributed by atoms with Gasteiger partial charge in [0.05, 0.1) is 6.54 Å². The van der Waals surface area contributed by atoms with Gasteiger partial charge < -0.3 is 24.9 Å². The van der Waals surface area contributed by atoms with E-state index in [9.17, 15) is 4.79 Å². The summed E-state index contributed by atoms with van der Waals surface area (Å²) in [4.78, 5) is 15.5. The molecule has 0 aliphatic carbocycles. The normalized spacial score (nSPS) is 12.2. The molecule has 0 aliphatic heterocycles. The van der Waals surface area contributed by atoms with E-state index in [0.717, 1.165) is 22.4 Å². The Morgan fingerprint density at radius 3 is 2.70 bits per heavy atom. The Hall–Kier alpha value is -2.90. The van der Waals surface area contributed by atoms with Crippen molar-refractivity contribution >= 4 is 17.1 Å². The van der Waals surface area contributed by atoms with Crippen LogP contribution in [0, 0.1) is 0 Å². The number of carboxylic acid groups (broad SMARTS) is 1. The Balaban J connectivity index is 1.39. The summed E-state index contributed by atoms with van der Waals surface area (Å²) in [5, 5.41) is 15.1. The fourth-order valence-corrected chi connectivity index (χ4v) is 2.70. The highest BCUT2D eigenvalue weighted by molar-refractivity contribution is 5.74. The Morgan fingerprint density at radius 1 is 1.22 bits per heavy atom. The minimum atomic E-state index is -0.858. The predicted octanol–water partition coefficient (Wildman–Crippen LogP) is 2.21. The second kappa shape index (κ2) is 9.16. The highest BCUT2D eigenvalue weighted by atomic mass is 16.5. The zero-order valence-electron chi connectivity index (χ0n) is 15.1. The summed E-state index contributed by atoms with van der Waals surface area (Å²) in [5.74, 6) is 0.541. The van der Waals surface area contributed by atoms with Crippen LogP contribution < -0.4 is 15.4 Å². The molecular formula is C20H23N3O4.